The number of rotatable bonds is 5. The SMILES string of the molecule is COc1ccc2c(N3CCN(C(=O)C4CCCN(S(=O)(=O)c5ccc(C)cc5)C4)CC3)ccnc2c1. The van der Waals surface area contributed by atoms with E-state index in [9.17, 15) is 13.2 Å². The van der Waals surface area contributed by atoms with Gasteiger partial charge in [0.1, 0.15) is 5.75 Å². The zero-order valence-electron chi connectivity index (χ0n) is 20.8. The molecule has 0 saturated carbocycles. The molecule has 2 fully saturated rings. The number of piperazine rings is 1. The van der Waals surface area contributed by atoms with Gasteiger partial charge in [-0.25, -0.2) is 8.42 Å². The summed E-state index contributed by atoms with van der Waals surface area (Å²) in [5, 5.41) is 1.06. The molecule has 0 radical (unpaired) electrons. The number of aryl methyl sites for hydroxylation is 1. The summed E-state index contributed by atoms with van der Waals surface area (Å²) in [6.07, 6.45) is 3.21. The number of piperidine rings is 1. The van der Waals surface area contributed by atoms with Crippen molar-refractivity contribution in [3.63, 3.8) is 0 Å². The quantitative estimate of drug-likeness (QED) is 0.526. The van der Waals surface area contributed by atoms with E-state index in [1.165, 1.54) is 4.31 Å². The van der Waals surface area contributed by atoms with E-state index >= 15 is 0 Å². The Morgan fingerprint density at radius 2 is 1.75 bits per heavy atom. The molecule has 36 heavy (non-hydrogen) atoms. The average Bonchev–Trinajstić information content (AvgIpc) is 2.92. The van der Waals surface area contributed by atoms with E-state index in [-0.39, 0.29) is 23.3 Å². The molecular formula is C27H32N4O4S. The minimum Gasteiger partial charge on any atom is -0.497 e. The predicted octanol–water partition coefficient (Wildman–Crippen LogP) is 3.30. The molecule has 2 aliphatic rings. The van der Waals surface area contributed by atoms with E-state index in [2.05, 4.69) is 9.88 Å². The number of methoxy groups -OCH3 is 1. The third-order valence-corrected chi connectivity index (χ3v) is 9.13. The van der Waals surface area contributed by atoms with Gasteiger partial charge in [-0.2, -0.15) is 4.31 Å². The number of anilines is 1. The molecule has 3 aromatic rings. The van der Waals surface area contributed by atoms with Gasteiger partial charge in [-0.15, -0.1) is 0 Å². The van der Waals surface area contributed by atoms with Crippen LogP contribution in [0.4, 0.5) is 5.69 Å². The monoisotopic (exact) mass is 508 g/mol. The van der Waals surface area contributed by atoms with Crippen molar-refractivity contribution < 1.29 is 17.9 Å². The lowest BCUT2D eigenvalue weighted by Gasteiger charge is -2.39. The van der Waals surface area contributed by atoms with Gasteiger partial charge in [-0.1, -0.05) is 17.7 Å². The number of carbonyl (C=O) groups is 1. The van der Waals surface area contributed by atoms with Crippen LogP contribution in [0.3, 0.4) is 0 Å². The first-order valence-corrected chi connectivity index (χ1v) is 13.8. The highest BCUT2D eigenvalue weighted by molar-refractivity contribution is 7.89. The number of carbonyl (C=O) groups excluding carboxylic acids is 1. The van der Waals surface area contributed by atoms with Crippen LogP contribution in [0, 0.1) is 12.8 Å². The molecule has 0 aliphatic carbocycles. The van der Waals surface area contributed by atoms with Crippen LogP contribution < -0.4 is 9.64 Å². The van der Waals surface area contributed by atoms with E-state index in [1.807, 2.05) is 36.1 Å². The topological polar surface area (TPSA) is 83.0 Å². The van der Waals surface area contributed by atoms with Crippen molar-refractivity contribution >= 4 is 32.5 Å². The van der Waals surface area contributed by atoms with Crippen LogP contribution in [0.15, 0.2) is 59.6 Å². The number of hydrogen-bond acceptors (Lipinski definition) is 6. The average molecular weight is 509 g/mol. The summed E-state index contributed by atoms with van der Waals surface area (Å²) in [6.45, 7) is 5.28. The standard InChI is InChI=1S/C27H32N4O4S/c1-20-5-8-23(9-6-20)36(33,34)31-13-3-4-21(19-31)27(32)30-16-14-29(15-17-30)26-11-12-28-25-18-22(35-2)7-10-24(25)26/h5-12,18,21H,3-4,13-17,19H2,1-2H3. The maximum Gasteiger partial charge on any atom is 0.243 e. The summed E-state index contributed by atoms with van der Waals surface area (Å²) in [7, 11) is -1.96. The second-order valence-corrected chi connectivity index (χ2v) is 11.5. The van der Waals surface area contributed by atoms with Crippen molar-refractivity contribution in [2.45, 2.75) is 24.7 Å². The van der Waals surface area contributed by atoms with E-state index in [4.69, 9.17) is 4.74 Å². The molecule has 1 amide bonds. The van der Waals surface area contributed by atoms with E-state index in [1.54, 1.807) is 37.6 Å². The van der Waals surface area contributed by atoms with Gasteiger partial charge >= 0.3 is 0 Å². The molecule has 2 aromatic carbocycles. The van der Waals surface area contributed by atoms with Gasteiger partial charge in [0, 0.05) is 62.6 Å². The molecular weight excluding hydrogens is 476 g/mol. The number of pyridine rings is 1. The summed E-state index contributed by atoms with van der Waals surface area (Å²) in [5.41, 5.74) is 2.99. The minimum absolute atomic E-state index is 0.0581. The number of sulfonamides is 1. The molecule has 2 aliphatic heterocycles. The number of hydrogen-bond donors (Lipinski definition) is 0. The van der Waals surface area contributed by atoms with Crippen molar-refractivity contribution in [3.05, 3.63) is 60.3 Å². The molecule has 8 nitrogen and oxygen atoms in total. The molecule has 0 bridgehead atoms. The second-order valence-electron chi connectivity index (χ2n) is 9.54. The minimum atomic E-state index is -3.61. The van der Waals surface area contributed by atoms with Crippen LogP contribution >= 0.6 is 0 Å². The fraction of sp³-hybridized carbons (Fsp3) is 0.407. The van der Waals surface area contributed by atoms with Crippen LogP contribution in [0.5, 0.6) is 5.75 Å². The van der Waals surface area contributed by atoms with Crippen molar-refractivity contribution in [1.29, 1.82) is 0 Å². The molecule has 1 unspecified atom stereocenters. The van der Waals surface area contributed by atoms with Crippen LogP contribution in [-0.4, -0.2) is 74.9 Å². The Bertz CT molecular complexity index is 1350. The molecule has 0 N–H and O–H groups in total. The Labute approximate surface area is 212 Å². The normalized spacial score (nSPS) is 19.4. The Hall–Kier alpha value is -3.17. The van der Waals surface area contributed by atoms with Crippen LogP contribution in [0.1, 0.15) is 18.4 Å². The van der Waals surface area contributed by atoms with Gasteiger partial charge in [0.25, 0.3) is 0 Å². The van der Waals surface area contributed by atoms with Gasteiger partial charge in [-0.3, -0.25) is 9.78 Å². The lowest BCUT2D eigenvalue weighted by atomic mass is 9.97. The first kappa shape index (κ1) is 24.5. The van der Waals surface area contributed by atoms with Gasteiger partial charge in [0.15, 0.2) is 0 Å². The fourth-order valence-electron chi connectivity index (χ4n) is 5.16. The smallest absolute Gasteiger partial charge is 0.243 e. The van der Waals surface area contributed by atoms with E-state index in [0.29, 0.717) is 26.1 Å². The number of ether oxygens (including phenoxy) is 1. The Balaban J connectivity index is 1.24. The van der Waals surface area contributed by atoms with E-state index < -0.39 is 10.0 Å². The highest BCUT2D eigenvalue weighted by Gasteiger charge is 2.36. The summed E-state index contributed by atoms with van der Waals surface area (Å²) in [6, 6.07) is 14.8. The Morgan fingerprint density at radius 3 is 2.47 bits per heavy atom. The number of fused-ring (bicyclic) bond motifs is 1. The highest BCUT2D eigenvalue weighted by Crippen LogP contribution is 2.30. The molecule has 2 saturated heterocycles. The summed E-state index contributed by atoms with van der Waals surface area (Å²) in [5.74, 6) is 0.524. The van der Waals surface area contributed by atoms with Crippen molar-refractivity contribution in [2.75, 3.05) is 51.3 Å². The first-order chi connectivity index (χ1) is 17.4. The van der Waals surface area contributed by atoms with Gasteiger partial charge in [0.05, 0.1) is 23.4 Å². The van der Waals surface area contributed by atoms with Gasteiger partial charge in [0.2, 0.25) is 15.9 Å². The molecule has 0 spiro atoms. The van der Waals surface area contributed by atoms with Crippen molar-refractivity contribution in [2.24, 2.45) is 5.92 Å². The van der Waals surface area contributed by atoms with Crippen molar-refractivity contribution in [1.82, 2.24) is 14.2 Å². The largest absolute Gasteiger partial charge is 0.497 e. The molecule has 1 aromatic heterocycles. The van der Waals surface area contributed by atoms with E-state index in [0.717, 1.165) is 47.4 Å². The second kappa shape index (κ2) is 10.1. The summed E-state index contributed by atoms with van der Waals surface area (Å²) in [4.78, 5) is 22.3. The fourth-order valence-corrected chi connectivity index (χ4v) is 6.69. The Kier molecular flexibility index (Phi) is 6.85. The number of amides is 1. The first-order valence-electron chi connectivity index (χ1n) is 12.4. The molecule has 9 heteroatoms. The third kappa shape index (κ3) is 4.77. The number of benzene rings is 2. The predicted molar refractivity (Wildman–Crippen MR) is 140 cm³/mol. The Morgan fingerprint density at radius 1 is 1.00 bits per heavy atom. The summed E-state index contributed by atoms with van der Waals surface area (Å²) < 4.78 is 33.2. The van der Waals surface area contributed by atoms with Crippen molar-refractivity contribution in [3.8, 4) is 5.75 Å². The molecule has 3 heterocycles. The molecule has 190 valence electrons. The third-order valence-electron chi connectivity index (χ3n) is 7.25. The van der Waals surface area contributed by atoms with Crippen LogP contribution in [0.25, 0.3) is 10.9 Å². The van der Waals surface area contributed by atoms with Gasteiger partial charge in [-0.05, 0) is 50.1 Å². The van der Waals surface area contributed by atoms with Gasteiger partial charge < -0.3 is 14.5 Å². The van der Waals surface area contributed by atoms with Crippen LogP contribution in [0.2, 0.25) is 0 Å². The summed E-state index contributed by atoms with van der Waals surface area (Å²) >= 11 is 0. The maximum absolute atomic E-state index is 13.4. The molecule has 1 atom stereocenters. The van der Waals surface area contributed by atoms with Crippen LogP contribution in [-0.2, 0) is 14.8 Å². The lowest BCUT2D eigenvalue weighted by molar-refractivity contribution is -0.137. The molecule has 5 rings (SSSR count). The highest BCUT2D eigenvalue weighted by atomic mass is 32.2. The number of nitrogens with zero attached hydrogens (tertiary/aromatic N) is 4. The maximum atomic E-state index is 13.4. The lowest BCUT2D eigenvalue weighted by Crippen LogP contribution is -2.53. The number of aromatic nitrogens is 1. The zero-order chi connectivity index (χ0) is 25.3. The zero-order valence-corrected chi connectivity index (χ0v) is 21.6.